The first-order valence-electron chi connectivity index (χ1n) is 8.11. The van der Waals surface area contributed by atoms with E-state index in [9.17, 15) is 5.11 Å². The highest BCUT2D eigenvalue weighted by molar-refractivity contribution is 6.31. The maximum Gasteiger partial charge on any atom is 0.0850 e. The summed E-state index contributed by atoms with van der Waals surface area (Å²) in [6.45, 7) is 8.76. The number of hydrogen-bond acceptors (Lipinski definition) is 2. The van der Waals surface area contributed by atoms with Crippen molar-refractivity contribution in [3.8, 4) is 0 Å². The highest BCUT2D eigenvalue weighted by atomic mass is 35.5. The lowest BCUT2D eigenvalue weighted by Gasteiger charge is -2.47. The molecular weight excluding hydrogens is 284 g/mol. The van der Waals surface area contributed by atoms with Crippen LogP contribution in [0.1, 0.15) is 64.8 Å². The number of nitrogens with zero attached hydrogens (tertiary/aromatic N) is 2. The molecule has 1 aliphatic carbocycles. The van der Waals surface area contributed by atoms with Crippen LogP contribution >= 0.6 is 11.6 Å². The van der Waals surface area contributed by atoms with Crippen molar-refractivity contribution in [2.24, 2.45) is 18.4 Å². The van der Waals surface area contributed by atoms with Gasteiger partial charge in [0.1, 0.15) is 0 Å². The monoisotopic (exact) mass is 312 g/mol. The fraction of sp³-hybridized carbons (Fsp3) is 0.824. The third-order valence-corrected chi connectivity index (χ3v) is 5.46. The van der Waals surface area contributed by atoms with Crippen molar-refractivity contribution in [1.82, 2.24) is 9.78 Å². The molecule has 1 aliphatic rings. The van der Waals surface area contributed by atoms with Crippen LogP contribution in [0.15, 0.2) is 0 Å². The van der Waals surface area contributed by atoms with Gasteiger partial charge in [0.25, 0.3) is 0 Å². The van der Waals surface area contributed by atoms with Gasteiger partial charge in [0.05, 0.1) is 22.0 Å². The molecule has 1 heterocycles. The van der Waals surface area contributed by atoms with Crippen molar-refractivity contribution in [3.05, 3.63) is 16.4 Å². The summed E-state index contributed by atoms with van der Waals surface area (Å²) in [7, 11) is 1.93. The van der Waals surface area contributed by atoms with Crippen molar-refractivity contribution in [2.75, 3.05) is 0 Å². The average Bonchev–Trinajstić information content (AvgIpc) is 2.65. The molecule has 0 aromatic carbocycles. The lowest BCUT2D eigenvalue weighted by Crippen LogP contribution is -2.48. The van der Waals surface area contributed by atoms with Crippen molar-refractivity contribution in [2.45, 2.75) is 71.8 Å². The highest BCUT2D eigenvalue weighted by Crippen LogP contribution is 2.46. The summed E-state index contributed by atoms with van der Waals surface area (Å²) in [6, 6.07) is 0. The molecule has 0 bridgehead atoms. The Bertz CT molecular complexity index is 504. The molecule has 1 fully saturated rings. The Hall–Kier alpha value is -0.540. The van der Waals surface area contributed by atoms with Gasteiger partial charge in [-0.25, -0.2) is 0 Å². The smallest absolute Gasteiger partial charge is 0.0850 e. The van der Waals surface area contributed by atoms with Crippen molar-refractivity contribution < 1.29 is 5.11 Å². The van der Waals surface area contributed by atoms with Gasteiger partial charge in [-0.15, -0.1) is 0 Å². The van der Waals surface area contributed by atoms with Gasteiger partial charge in [-0.05, 0) is 30.6 Å². The van der Waals surface area contributed by atoms with Gasteiger partial charge in [-0.2, -0.15) is 5.10 Å². The second-order valence-corrected chi connectivity index (χ2v) is 8.01. The second-order valence-electron chi connectivity index (χ2n) is 7.63. The van der Waals surface area contributed by atoms with E-state index < -0.39 is 5.60 Å². The lowest BCUT2D eigenvalue weighted by molar-refractivity contribution is -0.0899. The molecule has 21 heavy (non-hydrogen) atoms. The highest BCUT2D eigenvalue weighted by Gasteiger charge is 2.45. The molecule has 0 radical (unpaired) electrons. The minimum absolute atomic E-state index is 0.105. The third-order valence-electron chi connectivity index (χ3n) is 5.02. The van der Waals surface area contributed by atoms with Crippen LogP contribution in [0, 0.1) is 11.3 Å². The summed E-state index contributed by atoms with van der Waals surface area (Å²) in [4.78, 5) is 0. The summed E-state index contributed by atoms with van der Waals surface area (Å²) in [5.74, 6) is 0.301. The zero-order chi connectivity index (χ0) is 15.8. The van der Waals surface area contributed by atoms with E-state index in [-0.39, 0.29) is 5.41 Å². The van der Waals surface area contributed by atoms with Crippen molar-refractivity contribution in [3.63, 3.8) is 0 Å². The first-order valence-corrected chi connectivity index (χ1v) is 8.49. The van der Waals surface area contributed by atoms with E-state index in [1.807, 2.05) is 11.7 Å². The Morgan fingerprint density at radius 2 is 2.05 bits per heavy atom. The van der Waals surface area contributed by atoms with Crippen molar-refractivity contribution in [1.29, 1.82) is 0 Å². The van der Waals surface area contributed by atoms with Crippen LogP contribution in [0.5, 0.6) is 0 Å². The maximum atomic E-state index is 11.4. The van der Waals surface area contributed by atoms with E-state index in [2.05, 4.69) is 32.8 Å². The summed E-state index contributed by atoms with van der Waals surface area (Å²) in [5, 5.41) is 16.6. The zero-order valence-corrected chi connectivity index (χ0v) is 14.8. The number of aliphatic hydroxyl groups is 1. The van der Waals surface area contributed by atoms with E-state index in [0.29, 0.717) is 12.3 Å². The molecule has 0 spiro atoms. The van der Waals surface area contributed by atoms with E-state index in [1.54, 1.807) is 0 Å². The van der Waals surface area contributed by atoms with Crippen LogP contribution in [0.3, 0.4) is 0 Å². The van der Waals surface area contributed by atoms with E-state index in [4.69, 9.17) is 11.6 Å². The molecule has 0 amide bonds. The van der Waals surface area contributed by atoms with Gasteiger partial charge in [-0.1, -0.05) is 52.1 Å². The predicted molar refractivity (Wildman–Crippen MR) is 87.7 cm³/mol. The van der Waals surface area contributed by atoms with Crippen LogP contribution in [0.25, 0.3) is 0 Å². The summed E-state index contributed by atoms with van der Waals surface area (Å²) in [6.07, 6.45) is 5.70. The number of hydrogen-bond donors (Lipinski definition) is 1. The summed E-state index contributed by atoms with van der Waals surface area (Å²) < 4.78 is 1.85. The first kappa shape index (κ1) is 16.8. The van der Waals surface area contributed by atoms with E-state index >= 15 is 0 Å². The van der Waals surface area contributed by atoms with Gasteiger partial charge >= 0.3 is 0 Å². The first-order chi connectivity index (χ1) is 9.69. The fourth-order valence-corrected chi connectivity index (χ4v) is 4.34. The standard InChI is InChI=1S/C17H29ClN2O/c1-6-12-15(18)13(20(5)19-12)11-17(21)10-8-7-9-14(17)16(2,3)4/h14,21H,6-11H2,1-5H3. The molecule has 2 atom stereocenters. The molecule has 3 nitrogen and oxygen atoms in total. The molecule has 4 heteroatoms. The molecule has 120 valence electrons. The SMILES string of the molecule is CCc1nn(C)c(CC2(O)CCCCC2C(C)(C)C)c1Cl. The molecule has 2 unspecified atom stereocenters. The summed E-state index contributed by atoms with van der Waals surface area (Å²) in [5.41, 5.74) is 1.35. The van der Waals surface area contributed by atoms with Gasteiger partial charge in [0, 0.05) is 13.5 Å². The fourth-order valence-electron chi connectivity index (χ4n) is 3.97. The van der Waals surface area contributed by atoms with E-state index in [0.717, 1.165) is 42.1 Å². The average molecular weight is 313 g/mol. The minimum atomic E-state index is -0.668. The largest absolute Gasteiger partial charge is 0.389 e. The van der Waals surface area contributed by atoms with Gasteiger partial charge < -0.3 is 5.11 Å². The van der Waals surface area contributed by atoms with Crippen LogP contribution in [-0.2, 0) is 19.9 Å². The third kappa shape index (κ3) is 3.29. The predicted octanol–water partition coefficient (Wildman–Crippen LogP) is 4.15. The number of rotatable bonds is 3. The molecule has 0 aliphatic heterocycles. The van der Waals surface area contributed by atoms with Crippen LogP contribution in [0.4, 0.5) is 0 Å². The Morgan fingerprint density at radius 1 is 1.38 bits per heavy atom. The van der Waals surface area contributed by atoms with Crippen LogP contribution in [0.2, 0.25) is 5.02 Å². The normalized spacial score (nSPS) is 27.1. The van der Waals surface area contributed by atoms with E-state index in [1.165, 1.54) is 6.42 Å². The number of aromatic nitrogens is 2. The number of halogens is 1. The molecule has 0 saturated heterocycles. The molecular formula is C17H29ClN2O. The molecule has 1 saturated carbocycles. The van der Waals surface area contributed by atoms with Crippen LogP contribution in [-0.4, -0.2) is 20.5 Å². The van der Waals surface area contributed by atoms with Gasteiger partial charge in [0.2, 0.25) is 0 Å². The Balaban J connectivity index is 2.33. The molecule has 1 N–H and O–H groups in total. The second kappa shape index (κ2) is 5.92. The van der Waals surface area contributed by atoms with Gasteiger partial charge in [0.15, 0.2) is 0 Å². The quantitative estimate of drug-likeness (QED) is 0.910. The lowest BCUT2D eigenvalue weighted by atomic mass is 9.62. The van der Waals surface area contributed by atoms with Gasteiger partial charge in [-0.3, -0.25) is 4.68 Å². The van der Waals surface area contributed by atoms with Crippen molar-refractivity contribution >= 4 is 11.6 Å². The molecule has 1 aromatic heterocycles. The Morgan fingerprint density at radius 3 is 2.57 bits per heavy atom. The van der Waals surface area contributed by atoms with Crippen LogP contribution < -0.4 is 0 Å². The Kier molecular flexibility index (Phi) is 4.75. The molecule has 1 aromatic rings. The molecule has 2 rings (SSSR count). The minimum Gasteiger partial charge on any atom is -0.389 e. The zero-order valence-electron chi connectivity index (χ0n) is 14.0. The summed E-state index contributed by atoms with van der Waals surface area (Å²) >= 11 is 6.48. The topological polar surface area (TPSA) is 38.0 Å². The number of aryl methyl sites for hydroxylation is 2. The Labute approximate surface area is 133 Å². The maximum absolute atomic E-state index is 11.4.